The molecule has 24 heavy (non-hydrogen) atoms. The third kappa shape index (κ3) is 4.83. The van der Waals surface area contributed by atoms with Crippen LogP contribution in [0.1, 0.15) is 62.4 Å². The van der Waals surface area contributed by atoms with Crippen LogP contribution in [0, 0.1) is 18.8 Å². The van der Waals surface area contributed by atoms with Crippen molar-refractivity contribution in [1.82, 2.24) is 10.6 Å². The van der Waals surface area contributed by atoms with Gasteiger partial charge in [-0.25, -0.2) is 0 Å². The van der Waals surface area contributed by atoms with Crippen molar-refractivity contribution in [2.75, 3.05) is 0 Å². The molecule has 3 atom stereocenters. The molecular weight excluding hydrogens is 300 g/mol. The molecule has 0 spiro atoms. The lowest BCUT2D eigenvalue weighted by Gasteiger charge is -2.32. The molecule has 1 aromatic carbocycles. The second-order valence-corrected chi connectivity index (χ2v) is 7.44. The lowest BCUT2D eigenvalue weighted by atomic mass is 9.85. The number of carbonyl (C=O) groups excluding carboxylic acids is 2. The maximum absolute atomic E-state index is 12.7. The Balaban J connectivity index is 2.01. The third-order valence-electron chi connectivity index (χ3n) is 4.99. The van der Waals surface area contributed by atoms with E-state index in [1.807, 2.05) is 32.9 Å². The largest absolute Gasteiger partial charge is 0.351 e. The molecule has 0 radical (unpaired) electrons. The molecule has 1 aliphatic carbocycles. The molecule has 0 heterocycles. The van der Waals surface area contributed by atoms with Crippen LogP contribution in [0.25, 0.3) is 0 Å². The highest BCUT2D eigenvalue weighted by molar-refractivity contribution is 5.97. The van der Waals surface area contributed by atoms with E-state index >= 15 is 0 Å². The van der Waals surface area contributed by atoms with E-state index < -0.39 is 6.04 Å². The van der Waals surface area contributed by atoms with E-state index in [0.717, 1.165) is 24.8 Å². The zero-order chi connectivity index (χ0) is 17.7. The molecule has 2 rings (SSSR count). The zero-order valence-corrected chi connectivity index (χ0v) is 15.3. The molecule has 1 aromatic rings. The van der Waals surface area contributed by atoms with Crippen LogP contribution in [0.2, 0.25) is 0 Å². The number of nitrogens with one attached hydrogen (secondary N) is 2. The lowest BCUT2D eigenvalue weighted by Crippen LogP contribution is -2.53. The summed E-state index contributed by atoms with van der Waals surface area (Å²) in [4.78, 5) is 25.1. The van der Waals surface area contributed by atoms with Gasteiger partial charge in [-0.3, -0.25) is 9.59 Å². The Bertz CT molecular complexity index is 566. The SMILES string of the molecule is Cc1ccc(C(=O)NC(C(=O)NC2CCCCC2C)C(C)C)cc1. The number of aryl methyl sites for hydroxylation is 1. The van der Waals surface area contributed by atoms with Gasteiger partial charge in [-0.2, -0.15) is 0 Å². The number of carbonyl (C=O) groups is 2. The minimum absolute atomic E-state index is 0.0401. The standard InChI is InChI=1S/C20H30N2O2/c1-13(2)18(20(24)21-17-8-6-5-7-15(17)4)22-19(23)16-11-9-14(3)10-12-16/h9-13,15,17-18H,5-8H2,1-4H3,(H,21,24)(H,22,23). The van der Waals surface area contributed by atoms with E-state index in [0.29, 0.717) is 11.5 Å². The molecule has 0 aliphatic heterocycles. The second kappa shape index (κ2) is 8.32. The number of amides is 2. The molecule has 3 unspecified atom stereocenters. The molecule has 132 valence electrons. The van der Waals surface area contributed by atoms with E-state index in [4.69, 9.17) is 0 Å². The van der Waals surface area contributed by atoms with Gasteiger partial charge in [0.05, 0.1) is 0 Å². The fourth-order valence-corrected chi connectivity index (χ4v) is 3.27. The normalized spacial score (nSPS) is 22.0. The molecule has 0 aromatic heterocycles. The fraction of sp³-hybridized carbons (Fsp3) is 0.600. The van der Waals surface area contributed by atoms with Crippen LogP contribution >= 0.6 is 0 Å². The molecule has 1 aliphatic rings. The molecular formula is C20H30N2O2. The summed E-state index contributed by atoms with van der Waals surface area (Å²) < 4.78 is 0. The number of hydrogen-bond acceptors (Lipinski definition) is 2. The van der Waals surface area contributed by atoms with Crippen molar-refractivity contribution < 1.29 is 9.59 Å². The summed E-state index contributed by atoms with van der Waals surface area (Å²) >= 11 is 0. The monoisotopic (exact) mass is 330 g/mol. The Labute approximate surface area is 145 Å². The van der Waals surface area contributed by atoms with Crippen LogP contribution in [-0.4, -0.2) is 23.9 Å². The Morgan fingerprint density at radius 3 is 2.29 bits per heavy atom. The topological polar surface area (TPSA) is 58.2 Å². The molecule has 0 bridgehead atoms. The zero-order valence-electron chi connectivity index (χ0n) is 15.3. The lowest BCUT2D eigenvalue weighted by molar-refractivity contribution is -0.125. The van der Waals surface area contributed by atoms with Gasteiger partial charge in [-0.15, -0.1) is 0 Å². The Kier molecular flexibility index (Phi) is 6.41. The van der Waals surface area contributed by atoms with Crippen molar-refractivity contribution in [3.8, 4) is 0 Å². The molecule has 4 nitrogen and oxygen atoms in total. The third-order valence-corrected chi connectivity index (χ3v) is 4.99. The van der Waals surface area contributed by atoms with Crippen LogP contribution in [0.4, 0.5) is 0 Å². The summed E-state index contributed by atoms with van der Waals surface area (Å²) in [5, 5.41) is 6.07. The summed E-state index contributed by atoms with van der Waals surface area (Å²) in [5.74, 6) is 0.284. The first-order chi connectivity index (χ1) is 11.4. The molecule has 1 fully saturated rings. The minimum Gasteiger partial charge on any atom is -0.351 e. The van der Waals surface area contributed by atoms with E-state index in [1.165, 1.54) is 6.42 Å². The van der Waals surface area contributed by atoms with Gasteiger partial charge in [0, 0.05) is 11.6 Å². The smallest absolute Gasteiger partial charge is 0.251 e. The Morgan fingerprint density at radius 1 is 1.08 bits per heavy atom. The summed E-state index contributed by atoms with van der Waals surface area (Å²) in [6, 6.07) is 7.12. The van der Waals surface area contributed by atoms with Gasteiger partial charge in [-0.05, 0) is 43.7 Å². The van der Waals surface area contributed by atoms with Crippen molar-refractivity contribution in [2.45, 2.75) is 65.5 Å². The van der Waals surface area contributed by atoms with Gasteiger partial charge in [-0.1, -0.05) is 51.3 Å². The van der Waals surface area contributed by atoms with Crippen molar-refractivity contribution >= 4 is 11.8 Å². The highest BCUT2D eigenvalue weighted by Gasteiger charge is 2.29. The van der Waals surface area contributed by atoms with Crippen LogP contribution < -0.4 is 10.6 Å². The first-order valence-electron chi connectivity index (χ1n) is 9.06. The minimum atomic E-state index is -0.507. The van der Waals surface area contributed by atoms with Gasteiger partial charge < -0.3 is 10.6 Å². The van der Waals surface area contributed by atoms with Gasteiger partial charge in [0.2, 0.25) is 5.91 Å². The van der Waals surface area contributed by atoms with Gasteiger partial charge >= 0.3 is 0 Å². The Morgan fingerprint density at radius 2 is 1.71 bits per heavy atom. The molecule has 0 saturated heterocycles. The van der Waals surface area contributed by atoms with E-state index in [1.54, 1.807) is 12.1 Å². The quantitative estimate of drug-likeness (QED) is 0.869. The maximum atomic E-state index is 12.7. The molecule has 2 N–H and O–H groups in total. The summed E-state index contributed by atoms with van der Waals surface area (Å²) in [6.45, 7) is 8.10. The summed E-state index contributed by atoms with van der Waals surface area (Å²) in [5.41, 5.74) is 1.70. The average Bonchev–Trinajstić information content (AvgIpc) is 2.54. The van der Waals surface area contributed by atoms with Crippen molar-refractivity contribution in [3.05, 3.63) is 35.4 Å². The first kappa shape index (κ1) is 18.5. The van der Waals surface area contributed by atoms with Gasteiger partial charge in [0.25, 0.3) is 5.91 Å². The van der Waals surface area contributed by atoms with Crippen LogP contribution in [0.15, 0.2) is 24.3 Å². The number of rotatable bonds is 5. The second-order valence-electron chi connectivity index (χ2n) is 7.44. The highest BCUT2D eigenvalue weighted by Crippen LogP contribution is 2.24. The predicted octanol–water partition coefficient (Wildman–Crippen LogP) is 3.44. The van der Waals surface area contributed by atoms with Crippen molar-refractivity contribution in [3.63, 3.8) is 0 Å². The van der Waals surface area contributed by atoms with E-state index in [9.17, 15) is 9.59 Å². The van der Waals surface area contributed by atoms with Crippen LogP contribution in [0.3, 0.4) is 0 Å². The first-order valence-corrected chi connectivity index (χ1v) is 9.06. The molecule has 4 heteroatoms. The fourth-order valence-electron chi connectivity index (χ4n) is 3.27. The Hall–Kier alpha value is -1.84. The van der Waals surface area contributed by atoms with Crippen molar-refractivity contribution in [2.24, 2.45) is 11.8 Å². The van der Waals surface area contributed by atoms with E-state index in [2.05, 4.69) is 17.6 Å². The molecule has 2 amide bonds. The van der Waals surface area contributed by atoms with Gasteiger partial charge in [0.1, 0.15) is 6.04 Å². The molecule has 1 saturated carbocycles. The maximum Gasteiger partial charge on any atom is 0.251 e. The number of hydrogen-bond donors (Lipinski definition) is 2. The summed E-state index contributed by atoms with van der Waals surface area (Å²) in [6.07, 6.45) is 4.60. The summed E-state index contributed by atoms with van der Waals surface area (Å²) in [7, 11) is 0. The van der Waals surface area contributed by atoms with Crippen LogP contribution in [0.5, 0.6) is 0 Å². The van der Waals surface area contributed by atoms with Gasteiger partial charge in [0.15, 0.2) is 0 Å². The average molecular weight is 330 g/mol. The van der Waals surface area contributed by atoms with Crippen LogP contribution in [-0.2, 0) is 4.79 Å². The van der Waals surface area contributed by atoms with E-state index in [-0.39, 0.29) is 23.8 Å². The number of benzene rings is 1. The van der Waals surface area contributed by atoms with Crippen molar-refractivity contribution in [1.29, 1.82) is 0 Å². The predicted molar refractivity (Wildman–Crippen MR) is 96.8 cm³/mol. The highest BCUT2D eigenvalue weighted by atomic mass is 16.2.